The summed E-state index contributed by atoms with van der Waals surface area (Å²) in [5.41, 5.74) is -2.11. The minimum absolute atomic E-state index is 0.0476. The largest absolute Gasteiger partial charge is 0.416 e. The fraction of sp³-hybridized carbons (Fsp3) is 0.481. The van der Waals surface area contributed by atoms with Crippen molar-refractivity contribution in [1.29, 1.82) is 0 Å². The molecule has 3 rings (SSSR count). The van der Waals surface area contributed by atoms with Crippen LogP contribution >= 0.6 is 0 Å². The number of amides is 1. The Hall–Kier alpha value is -3.28. The molecule has 6 nitrogen and oxygen atoms in total. The summed E-state index contributed by atoms with van der Waals surface area (Å²) in [6.45, 7) is 2.35. The highest BCUT2D eigenvalue weighted by molar-refractivity contribution is 5.83. The van der Waals surface area contributed by atoms with Crippen molar-refractivity contribution >= 4 is 11.9 Å². The van der Waals surface area contributed by atoms with Crippen molar-refractivity contribution in [3.8, 4) is 0 Å². The Morgan fingerprint density at radius 1 is 0.897 bits per heavy atom. The Labute approximate surface area is 224 Å². The third-order valence-electron chi connectivity index (χ3n) is 6.67. The van der Waals surface area contributed by atoms with E-state index < -0.39 is 29.5 Å². The topological polar surface area (TPSA) is 42.4 Å². The molecule has 0 saturated carbocycles. The normalized spacial score (nSPS) is 16.3. The van der Waals surface area contributed by atoms with Gasteiger partial charge in [-0.15, -0.1) is 0 Å². The van der Waals surface area contributed by atoms with Gasteiger partial charge in [0, 0.05) is 60.9 Å². The second-order valence-corrected chi connectivity index (χ2v) is 9.68. The maximum Gasteiger partial charge on any atom is 0.416 e. The second kappa shape index (κ2) is 12.3. The molecular weight excluding hydrogens is 524 g/mol. The van der Waals surface area contributed by atoms with Crippen LogP contribution in [0.1, 0.15) is 28.3 Å². The minimum atomic E-state index is -4.92. The number of nitrogens with zero attached hydrogens (tertiary/aromatic N) is 5. The van der Waals surface area contributed by atoms with Crippen LogP contribution in [0, 0.1) is 0 Å². The first kappa shape index (κ1) is 30.3. The van der Waals surface area contributed by atoms with Gasteiger partial charge in [0.05, 0.1) is 11.1 Å². The monoisotopic (exact) mass is 557 g/mol. The SMILES string of the molecule is CN=C(N(C)C)N1CCN(C(C(=O)N(C)CCc2cc(C(F)(F)F)cc(C(F)(F)F)c2)c2ccccc2)CC1. The lowest BCUT2D eigenvalue weighted by atomic mass is 10.0. The molecule has 1 amide bonds. The van der Waals surface area contributed by atoms with Gasteiger partial charge in [0.1, 0.15) is 6.04 Å². The summed E-state index contributed by atoms with van der Waals surface area (Å²) in [7, 11) is 7.04. The first-order chi connectivity index (χ1) is 18.2. The lowest BCUT2D eigenvalue weighted by molar-refractivity contribution is -0.143. The Balaban J connectivity index is 1.79. The van der Waals surface area contributed by atoms with Gasteiger partial charge in [-0.05, 0) is 35.7 Å². The van der Waals surface area contributed by atoms with E-state index >= 15 is 0 Å². The van der Waals surface area contributed by atoms with Crippen molar-refractivity contribution in [2.45, 2.75) is 24.8 Å². The molecule has 0 radical (unpaired) electrons. The molecule has 214 valence electrons. The van der Waals surface area contributed by atoms with Crippen LogP contribution in [-0.4, -0.2) is 92.4 Å². The van der Waals surface area contributed by atoms with Gasteiger partial charge in [-0.1, -0.05) is 30.3 Å². The van der Waals surface area contributed by atoms with E-state index in [2.05, 4.69) is 9.89 Å². The predicted molar refractivity (Wildman–Crippen MR) is 137 cm³/mol. The van der Waals surface area contributed by atoms with Crippen LogP contribution in [0.4, 0.5) is 26.3 Å². The van der Waals surface area contributed by atoms with E-state index in [4.69, 9.17) is 0 Å². The summed E-state index contributed by atoms with van der Waals surface area (Å²) < 4.78 is 79.5. The summed E-state index contributed by atoms with van der Waals surface area (Å²) in [4.78, 5) is 25.5. The highest BCUT2D eigenvalue weighted by Crippen LogP contribution is 2.36. The van der Waals surface area contributed by atoms with Crippen LogP contribution < -0.4 is 0 Å². The number of alkyl halides is 6. The predicted octanol–water partition coefficient (Wildman–Crippen LogP) is 4.63. The number of hydrogen-bond donors (Lipinski definition) is 0. The Morgan fingerprint density at radius 3 is 1.90 bits per heavy atom. The molecule has 1 aliphatic heterocycles. The summed E-state index contributed by atoms with van der Waals surface area (Å²) in [5.74, 6) is 0.545. The van der Waals surface area contributed by atoms with E-state index in [9.17, 15) is 31.1 Å². The Morgan fingerprint density at radius 2 is 1.44 bits per heavy atom. The van der Waals surface area contributed by atoms with Crippen molar-refractivity contribution < 1.29 is 31.1 Å². The quantitative estimate of drug-likeness (QED) is 0.295. The zero-order valence-corrected chi connectivity index (χ0v) is 22.4. The van der Waals surface area contributed by atoms with Crippen LogP contribution in [-0.2, 0) is 23.6 Å². The molecule has 0 spiro atoms. The molecule has 39 heavy (non-hydrogen) atoms. The zero-order chi connectivity index (χ0) is 29.0. The maximum atomic E-state index is 13.7. The molecule has 1 aliphatic rings. The summed E-state index contributed by atoms with van der Waals surface area (Å²) in [6.07, 6.45) is -10.0. The van der Waals surface area contributed by atoms with E-state index in [1.165, 1.54) is 11.9 Å². The summed E-state index contributed by atoms with van der Waals surface area (Å²) >= 11 is 0. The molecule has 12 heteroatoms. The van der Waals surface area contributed by atoms with Gasteiger partial charge in [0.25, 0.3) is 0 Å². The molecule has 0 bridgehead atoms. The molecule has 2 aromatic rings. The van der Waals surface area contributed by atoms with Crippen LogP contribution in [0.5, 0.6) is 0 Å². The van der Waals surface area contributed by atoms with Gasteiger partial charge in [-0.3, -0.25) is 14.7 Å². The first-order valence-corrected chi connectivity index (χ1v) is 12.4. The third kappa shape index (κ3) is 7.65. The van der Waals surface area contributed by atoms with Crippen molar-refractivity contribution in [3.63, 3.8) is 0 Å². The number of carbonyl (C=O) groups is 1. The smallest absolute Gasteiger partial charge is 0.349 e. The first-order valence-electron chi connectivity index (χ1n) is 12.4. The second-order valence-electron chi connectivity index (χ2n) is 9.68. The zero-order valence-electron chi connectivity index (χ0n) is 22.4. The van der Waals surface area contributed by atoms with Gasteiger partial charge in [0.2, 0.25) is 5.91 Å². The molecule has 2 aromatic carbocycles. The van der Waals surface area contributed by atoms with Crippen LogP contribution in [0.25, 0.3) is 0 Å². The number of likely N-dealkylation sites (N-methyl/N-ethyl adjacent to an activating group) is 1. The number of benzene rings is 2. The molecule has 1 unspecified atom stereocenters. The van der Waals surface area contributed by atoms with E-state index in [0.29, 0.717) is 38.3 Å². The summed E-state index contributed by atoms with van der Waals surface area (Å²) in [6, 6.07) is 10.0. The number of guanidine groups is 1. The number of carbonyl (C=O) groups excluding carboxylic acids is 1. The lowest BCUT2D eigenvalue weighted by Gasteiger charge is -2.41. The maximum absolute atomic E-state index is 13.7. The number of halogens is 6. The Bertz CT molecular complexity index is 1110. The number of rotatable bonds is 6. The molecule has 0 N–H and O–H groups in total. The molecule has 0 aromatic heterocycles. The third-order valence-corrected chi connectivity index (χ3v) is 6.67. The van der Waals surface area contributed by atoms with E-state index in [1.807, 2.05) is 54.2 Å². The fourth-order valence-corrected chi connectivity index (χ4v) is 4.73. The van der Waals surface area contributed by atoms with Crippen molar-refractivity contribution in [2.75, 3.05) is 60.9 Å². The standard InChI is InChI=1S/C27H33F6N5O/c1-34-25(35(2)3)38-14-12-37(13-15-38)23(20-8-6-5-7-9-20)24(39)36(4)11-10-19-16-21(26(28,29)30)18-22(17-19)27(31,32)33/h5-9,16-18,23H,10-15H2,1-4H3. The Kier molecular flexibility index (Phi) is 9.52. The summed E-state index contributed by atoms with van der Waals surface area (Å²) in [5, 5.41) is 0. The van der Waals surface area contributed by atoms with Crippen molar-refractivity contribution in [1.82, 2.24) is 19.6 Å². The molecule has 1 fully saturated rings. The van der Waals surface area contributed by atoms with Gasteiger partial charge < -0.3 is 14.7 Å². The van der Waals surface area contributed by atoms with Crippen molar-refractivity contribution in [3.05, 3.63) is 70.8 Å². The lowest BCUT2D eigenvalue weighted by Crippen LogP contribution is -2.54. The molecule has 0 aliphatic carbocycles. The molecule has 1 heterocycles. The average Bonchev–Trinajstić information content (AvgIpc) is 2.88. The minimum Gasteiger partial charge on any atom is -0.349 e. The van der Waals surface area contributed by atoms with E-state index in [1.54, 1.807) is 7.05 Å². The van der Waals surface area contributed by atoms with Gasteiger partial charge >= 0.3 is 12.4 Å². The number of aliphatic imine (C=N–C) groups is 1. The average molecular weight is 558 g/mol. The van der Waals surface area contributed by atoms with Crippen LogP contribution in [0.3, 0.4) is 0 Å². The number of hydrogen-bond acceptors (Lipinski definition) is 3. The molecule has 1 saturated heterocycles. The van der Waals surface area contributed by atoms with Gasteiger partial charge in [-0.2, -0.15) is 26.3 Å². The van der Waals surface area contributed by atoms with Crippen LogP contribution in [0.2, 0.25) is 0 Å². The fourth-order valence-electron chi connectivity index (χ4n) is 4.73. The molecule has 1 atom stereocenters. The van der Waals surface area contributed by atoms with Crippen molar-refractivity contribution in [2.24, 2.45) is 4.99 Å². The van der Waals surface area contributed by atoms with E-state index in [-0.39, 0.29) is 30.5 Å². The highest BCUT2D eigenvalue weighted by Gasteiger charge is 2.37. The highest BCUT2D eigenvalue weighted by atomic mass is 19.4. The van der Waals surface area contributed by atoms with Crippen LogP contribution in [0.15, 0.2) is 53.5 Å². The number of piperazine rings is 1. The van der Waals surface area contributed by atoms with Gasteiger partial charge in [0.15, 0.2) is 5.96 Å². The van der Waals surface area contributed by atoms with E-state index in [0.717, 1.165) is 11.5 Å². The van der Waals surface area contributed by atoms with Gasteiger partial charge in [-0.25, -0.2) is 0 Å². The molecular formula is C27H33F6N5O.